The highest BCUT2D eigenvalue weighted by atomic mass is 16.5. The van der Waals surface area contributed by atoms with E-state index in [1.165, 1.54) is 19.3 Å². The van der Waals surface area contributed by atoms with Crippen molar-refractivity contribution in [3.63, 3.8) is 0 Å². The van der Waals surface area contributed by atoms with E-state index < -0.39 is 0 Å². The summed E-state index contributed by atoms with van der Waals surface area (Å²) in [5, 5.41) is 3.59. The molecule has 1 saturated heterocycles. The second-order valence-electron chi connectivity index (χ2n) is 5.37. The van der Waals surface area contributed by atoms with Gasteiger partial charge in [-0.25, -0.2) is 9.97 Å². The quantitative estimate of drug-likeness (QED) is 0.902. The summed E-state index contributed by atoms with van der Waals surface area (Å²) in [6.45, 7) is 2.63. The largest absolute Gasteiger partial charge is 0.383 e. The third-order valence-electron chi connectivity index (χ3n) is 3.94. The van der Waals surface area contributed by atoms with Crippen LogP contribution in [0.4, 0.5) is 0 Å². The number of nitrogens with zero attached hydrogens (tertiary/aromatic N) is 3. The van der Waals surface area contributed by atoms with Crippen LogP contribution in [0, 0.1) is 0 Å². The van der Waals surface area contributed by atoms with Crippen molar-refractivity contribution in [1.29, 1.82) is 0 Å². The van der Waals surface area contributed by atoms with Gasteiger partial charge >= 0.3 is 0 Å². The van der Waals surface area contributed by atoms with E-state index in [0.717, 1.165) is 36.5 Å². The summed E-state index contributed by atoms with van der Waals surface area (Å²) in [6, 6.07) is 4.52. The molecule has 2 aromatic rings. The number of methoxy groups -OCH3 is 1. The molecule has 0 aliphatic carbocycles. The van der Waals surface area contributed by atoms with Gasteiger partial charge in [0.1, 0.15) is 11.3 Å². The van der Waals surface area contributed by atoms with E-state index in [0.29, 0.717) is 12.6 Å². The molecule has 0 radical (unpaired) electrons. The molecule has 0 saturated carbocycles. The molecule has 0 bridgehead atoms. The van der Waals surface area contributed by atoms with Crippen LogP contribution in [0.25, 0.3) is 11.2 Å². The first-order valence-electron chi connectivity index (χ1n) is 7.41. The summed E-state index contributed by atoms with van der Waals surface area (Å²) in [5.74, 6) is 1.12. The number of rotatable bonds is 5. The summed E-state index contributed by atoms with van der Waals surface area (Å²) in [7, 11) is 1.73. The maximum absolute atomic E-state index is 5.22. The summed E-state index contributed by atoms with van der Waals surface area (Å²) in [5.41, 5.74) is 1.95. The average molecular weight is 274 g/mol. The van der Waals surface area contributed by atoms with E-state index in [1.807, 2.05) is 18.3 Å². The van der Waals surface area contributed by atoms with Crippen molar-refractivity contribution in [3.8, 4) is 0 Å². The van der Waals surface area contributed by atoms with Crippen LogP contribution < -0.4 is 5.32 Å². The van der Waals surface area contributed by atoms with E-state index >= 15 is 0 Å². The highest BCUT2D eigenvalue weighted by molar-refractivity contribution is 5.71. The Balaban J connectivity index is 1.87. The van der Waals surface area contributed by atoms with Crippen LogP contribution in [0.1, 0.15) is 25.1 Å². The lowest BCUT2D eigenvalue weighted by molar-refractivity contribution is 0.187. The highest BCUT2D eigenvalue weighted by Gasteiger charge is 2.18. The normalized spacial score (nSPS) is 19.6. The number of ether oxygens (including phenoxy) is 1. The lowest BCUT2D eigenvalue weighted by atomic mass is 10.0. The smallest absolute Gasteiger partial charge is 0.160 e. The predicted molar refractivity (Wildman–Crippen MR) is 78.7 cm³/mol. The molecule has 1 N–H and O–H groups in total. The second-order valence-corrected chi connectivity index (χ2v) is 5.37. The standard InChI is InChI=1S/C15H22N4O/c1-20-10-9-19-14(11-12-5-2-3-7-16-12)18-13-6-4-8-17-15(13)19/h4,6,8,12,16H,2-3,5,7,9-11H2,1H3. The predicted octanol–water partition coefficient (Wildman–Crippen LogP) is 1.76. The van der Waals surface area contributed by atoms with Gasteiger partial charge in [0.15, 0.2) is 5.65 Å². The monoisotopic (exact) mass is 274 g/mol. The molecule has 1 unspecified atom stereocenters. The van der Waals surface area contributed by atoms with Crippen molar-refractivity contribution in [2.75, 3.05) is 20.3 Å². The lowest BCUT2D eigenvalue weighted by Gasteiger charge is -2.23. The number of piperidine rings is 1. The van der Waals surface area contributed by atoms with Gasteiger partial charge in [-0.05, 0) is 31.5 Å². The Hall–Kier alpha value is -1.46. The number of aromatic nitrogens is 3. The minimum Gasteiger partial charge on any atom is -0.383 e. The van der Waals surface area contributed by atoms with Gasteiger partial charge < -0.3 is 14.6 Å². The Bertz CT molecular complexity index is 560. The summed E-state index contributed by atoms with van der Waals surface area (Å²) >= 11 is 0. The number of hydrogen-bond donors (Lipinski definition) is 1. The highest BCUT2D eigenvalue weighted by Crippen LogP contribution is 2.17. The third kappa shape index (κ3) is 2.83. The van der Waals surface area contributed by atoms with Gasteiger partial charge in [-0.1, -0.05) is 6.42 Å². The van der Waals surface area contributed by atoms with E-state index in [4.69, 9.17) is 9.72 Å². The Morgan fingerprint density at radius 3 is 3.20 bits per heavy atom. The molecule has 1 aliphatic heterocycles. The topological polar surface area (TPSA) is 52.0 Å². The van der Waals surface area contributed by atoms with Gasteiger partial charge in [0.25, 0.3) is 0 Å². The van der Waals surface area contributed by atoms with Crippen molar-refractivity contribution in [2.24, 2.45) is 0 Å². The van der Waals surface area contributed by atoms with Gasteiger partial charge in [-0.2, -0.15) is 0 Å². The Kier molecular flexibility index (Phi) is 4.28. The first kappa shape index (κ1) is 13.5. The van der Waals surface area contributed by atoms with Crippen LogP contribution in [0.5, 0.6) is 0 Å². The maximum atomic E-state index is 5.22. The third-order valence-corrected chi connectivity index (χ3v) is 3.94. The Labute approximate surface area is 119 Å². The first-order chi connectivity index (χ1) is 9.88. The fraction of sp³-hybridized carbons (Fsp3) is 0.600. The van der Waals surface area contributed by atoms with E-state index in [1.54, 1.807) is 7.11 Å². The average Bonchev–Trinajstić information content (AvgIpc) is 2.83. The zero-order chi connectivity index (χ0) is 13.8. The summed E-state index contributed by atoms with van der Waals surface area (Å²) in [4.78, 5) is 9.24. The number of nitrogens with one attached hydrogen (secondary N) is 1. The molecule has 1 atom stereocenters. The molecular formula is C15H22N4O. The molecule has 20 heavy (non-hydrogen) atoms. The van der Waals surface area contributed by atoms with E-state index in [2.05, 4.69) is 14.9 Å². The SMILES string of the molecule is COCCn1c(CC2CCCCN2)nc2cccnc21. The van der Waals surface area contributed by atoms with Crippen LogP contribution in [0.3, 0.4) is 0 Å². The van der Waals surface area contributed by atoms with Crippen molar-refractivity contribution < 1.29 is 4.74 Å². The minimum atomic E-state index is 0.543. The van der Waals surface area contributed by atoms with Crippen LogP contribution >= 0.6 is 0 Å². The van der Waals surface area contributed by atoms with Crippen molar-refractivity contribution in [1.82, 2.24) is 19.9 Å². The van der Waals surface area contributed by atoms with Gasteiger partial charge in [-0.3, -0.25) is 0 Å². The molecule has 3 rings (SSSR count). The molecule has 1 aliphatic rings. The maximum Gasteiger partial charge on any atom is 0.160 e. The molecule has 3 heterocycles. The van der Waals surface area contributed by atoms with Crippen LogP contribution in [0.15, 0.2) is 18.3 Å². The van der Waals surface area contributed by atoms with Crippen molar-refractivity contribution in [2.45, 2.75) is 38.3 Å². The molecule has 1 fully saturated rings. The Morgan fingerprint density at radius 2 is 2.40 bits per heavy atom. The Morgan fingerprint density at radius 1 is 1.45 bits per heavy atom. The number of imidazole rings is 1. The molecule has 0 amide bonds. The zero-order valence-corrected chi connectivity index (χ0v) is 12.0. The molecule has 0 spiro atoms. The lowest BCUT2D eigenvalue weighted by Crippen LogP contribution is -2.36. The minimum absolute atomic E-state index is 0.543. The van der Waals surface area contributed by atoms with Crippen molar-refractivity contribution in [3.05, 3.63) is 24.2 Å². The first-order valence-corrected chi connectivity index (χ1v) is 7.41. The summed E-state index contributed by atoms with van der Waals surface area (Å²) < 4.78 is 7.42. The van der Waals surface area contributed by atoms with Crippen LogP contribution in [-0.2, 0) is 17.7 Å². The van der Waals surface area contributed by atoms with Crippen molar-refractivity contribution >= 4 is 11.2 Å². The zero-order valence-electron chi connectivity index (χ0n) is 12.0. The number of fused-ring (bicyclic) bond motifs is 1. The fourth-order valence-corrected chi connectivity index (χ4v) is 2.90. The molecule has 2 aromatic heterocycles. The molecule has 5 heteroatoms. The molecule has 5 nitrogen and oxygen atoms in total. The van der Waals surface area contributed by atoms with Crippen LogP contribution in [-0.4, -0.2) is 40.8 Å². The molecule has 0 aromatic carbocycles. The van der Waals surface area contributed by atoms with E-state index in [9.17, 15) is 0 Å². The summed E-state index contributed by atoms with van der Waals surface area (Å²) in [6.07, 6.45) is 6.64. The van der Waals surface area contributed by atoms with Gasteiger partial charge in [0.05, 0.1) is 6.61 Å². The van der Waals surface area contributed by atoms with E-state index in [-0.39, 0.29) is 0 Å². The van der Waals surface area contributed by atoms with Gasteiger partial charge in [-0.15, -0.1) is 0 Å². The van der Waals surface area contributed by atoms with Gasteiger partial charge in [0, 0.05) is 32.3 Å². The fourth-order valence-electron chi connectivity index (χ4n) is 2.90. The van der Waals surface area contributed by atoms with Crippen LogP contribution in [0.2, 0.25) is 0 Å². The van der Waals surface area contributed by atoms with Gasteiger partial charge in [0.2, 0.25) is 0 Å². The second kappa shape index (κ2) is 6.33. The molecule has 108 valence electrons. The number of pyridine rings is 1. The molecular weight excluding hydrogens is 252 g/mol. The number of hydrogen-bond acceptors (Lipinski definition) is 4.